The monoisotopic (exact) mass is 227 g/mol. The molecular weight excluding hydrogens is 210 g/mol. The molecular formula is C15H17NO. The third kappa shape index (κ3) is 2.47. The summed E-state index contributed by atoms with van der Waals surface area (Å²) < 4.78 is 5.27. The molecule has 0 radical (unpaired) electrons. The zero-order valence-corrected chi connectivity index (χ0v) is 10.5. The van der Waals surface area contributed by atoms with Gasteiger partial charge in [-0.3, -0.25) is 4.98 Å². The van der Waals surface area contributed by atoms with Crippen molar-refractivity contribution in [3.63, 3.8) is 0 Å². The number of benzene rings is 1. The molecule has 0 spiro atoms. The molecule has 0 bridgehead atoms. The molecule has 2 rings (SSSR count). The van der Waals surface area contributed by atoms with E-state index in [1.807, 2.05) is 18.3 Å². The van der Waals surface area contributed by atoms with Crippen LogP contribution in [0.5, 0.6) is 5.75 Å². The topological polar surface area (TPSA) is 22.1 Å². The van der Waals surface area contributed by atoms with Gasteiger partial charge in [0, 0.05) is 11.9 Å². The first kappa shape index (κ1) is 11.6. The van der Waals surface area contributed by atoms with Crippen molar-refractivity contribution < 1.29 is 4.74 Å². The van der Waals surface area contributed by atoms with Gasteiger partial charge in [-0.2, -0.15) is 0 Å². The van der Waals surface area contributed by atoms with Gasteiger partial charge in [0.15, 0.2) is 0 Å². The lowest BCUT2D eigenvalue weighted by molar-refractivity contribution is 0.412. The largest absolute Gasteiger partial charge is 0.496 e. The smallest absolute Gasteiger partial charge is 0.121 e. The second kappa shape index (κ2) is 5.00. The molecule has 0 aliphatic carbocycles. The molecule has 0 aliphatic rings. The molecule has 0 N–H and O–H groups in total. The second-order valence-electron chi connectivity index (χ2n) is 4.07. The lowest BCUT2D eigenvalue weighted by Crippen LogP contribution is -1.90. The lowest BCUT2D eigenvalue weighted by atomic mass is 10.0. The maximum Gasteiger partial charge on any atom is 0.121 e. The molecule has 0 aliphatic heterocycles. The van der Waals surface area contributed by atoms with E-state index < -0.39 is 0 Å². The first-order chi connectivity index (χ1) is 8.24. The van der Waals surface area contributed by atoms with Crippen LogP contribution in [0.4, 0.5) is 0 Å². The predicted octanol–water partition coefficient (Wildman–Crippen LogP) is 3.63. The highest BCUT2D eigenvalue weighted by molar-refractivity contribution is 5.65. The van der Waals surface area contributed by atoms with Gasteiger partial charge < -0.3 is 4.74 Å². The van der Waals surface area contributed by atoms with Gasteiger partial charge in [0.05, 0.1) is 7.11 Å². The lowest BCUT2D eigenvalue weighted by Gasteiger charge is -2.08. The quantitative estimate of drug-likeness (QED) is 0.798. The summed E-state index contributed by atoms with van der Waals surface area (Å²) in [5.74, 6) is 0.929. The normalized spacial score (nSPS) is 10.3. The fraction of sp³-hybridized carbons (Fsp3) is 0.267. The molecule has 0 unspecified atom stereocenters. The Bertz CT molecular complexity index is 520. The average Bonchev–Trinajstić information content (AvgIpc) is 2.38. The summed E-state index contributed by atoms with van der Waals surface area (Å²) in [6, 6.07) is 10.4. The Labute approximate surface area is 102 Å². The fourth-order valence-corrected chi connectivity index (χ4v) is 1.91. The summed E-state index contributed by atoms with van der Waals surface area (Å²) >= 11 is 0. The van der Waals surface area contributed by atoms with Gasteiger partial charge in [0.1, 0.15) is 5.75 Å². The minimum absolute atomic E-state index is 0.929. The van der Waals surface area contributed by atoms with Crippen LogP contribution in [0.3, 0.4) is 0 Å². The van der Waals surface area contributed by atoms with E-state index in [-0.39, 0.29) is 0 Å². The summed E-state index contributed by atoms with van der Waals surface area (Å²) in [7, 11) is 1.70. The van der Waals surface area contributed by atoms with Gasteiger partial charge in [-0.15, -0.1) is 0 Å². The molecule has 2 nitrogen and oxygen atoms in total. The van der Waals surface area contributed by atoms with Crippen molar-refractivity contribution in [2.75, 3.05) is 7.11 Å². The molecule has 88 valence electrons. The number of aryl methyl sites for hydroxylation is 2. The van der Waals surface area contributed by atoms with Crippen LogP contribution in [0.2, 0.25) is 0 Å². The van der Waals surface area contributed by atoms with Crippen molar-refractivity contribution in [2.45, 2.75) is 20.3 Å². The molecule has 17 heavy (non-hydrogen) atoms. The van der Waals surface area contributed by atoms with Gasteiger partial charge in [0.25, 0.3) is 0 Å². The Balaban J connectivity index is 2.42. The summed E-state index contributed by atoms with van der Waals surface area (Å²) in [5, 5.41) is 0. The van der Waals surface area contributed by atoms with E-state index >= 15 is 0 Å². The fourth-order valence-electron chi connectivity index (χ4n) is 1.91. The van der Waals surface area contributed by atoms with Crippen molar-refractivity contribution in [2.24, 2.45) is 0 Å². The van der Waals surface area contributed by atoms with Crippen LogP contribution in [0.1, 0.15) is 18.2 Å². The van der Waals surface area contributed by atoms with Crippen LogP contribution >= 0.6 is 0 Å². The highest BCUT2D eigenvalue weighted by Crippen LogP contribution is 2.26. The first-order valence-electron chi connectivity index (χ1n) is 5.84. The number of rotatable bonds is 3. The summed E-state index contributed by atoms with van der Waals surface area (Å²) in [5.41, 5.74) is 4.69. The number of methoxy groups -OCH3 is 1. The Kier molecular flexibility index (Phi) is 3.43. The van der Waals surface area contributed by atoms with Crippen LogP contribution in [0.15, 0.2) is 36.5 Å². The summed E-state index contributed by atoms with van der Waals surface area (Å²) in [4.78, 5) is 4.31. The van der Waals surface area contributed by atoms with E-state index in [1.165, 1.54) is 11.1 Å². The Hall–Kier alpha value is -1.83. The Morgan fingerprint density at radius 3 is 2.53 bits per heavy atom. The molecule has 0 atom stereocenters. The average molecular weight is 227 g/mol. The molecule has 1 heterocycles. The van der Waals surface area contributed by atoms with Gasteiger partial charge in [-0.05, 0) is 54.3 Å². The van der Waals surface area contributed by atoms with Crippen molar-refractivity contribution in [1.82, 2.24) is 4.98 Å². The van der Waals surface area contributed by atoms with Crippen molar-refractivity contribution in [3.05, 3.63) is 47.8 Å². The maximum absolute atomic E-state index is 5.27. The van der Waals surface area contributed by atoms with Gasteiger partial charge in [0.2, 0.25) is 0 Å². The molecule has 1 aromatic carbocycles. The molecule has 0 fully saturated rings. The molecule has 0 saturated carbocycles. The third-order valence-electron chi connectivity index (χ3n) is 2.91. The van der Waals surface area contributed by atoms with Crippen LogP contribution < -0.4 is 4.74 Å². The van der Waals surface area contributed by atoms with E-state index in [2.05, 4.69) is 37.0 Å². The molecule has 1 aromatic heterocycles. The zero-order valence-electron chi connectivity index (χ0n) is 10.5. The number of hydrogen-bond donors (Lipinski definition) is 0. The Morgan fingerprint density at radius 2 is 1.88 bits per heavy atom. The minimum Gasteiger partial charge on any atom is -0.496 e. The number of ether oxygens (including phenoxy) is 1. The van der Waals surface area contributed by atoms with Gasteiger partial charge >= 0.3 is 0 Å². The highest BCUT2D eigenvalue weighted by atomic mass is 16.5. The maximum atomic E-state index is 5.27. The van der Waals surface area contributed by atoms with Crippen LogP contribution in [0, 0.1) is 6.92 Å². The zero-order chi connectivity index (χ0) is 12.3. The molecule has 0 saturated heterocycles. The highest BCUT2D eigenvalue weighted by Gasteiger charge is 2.03. The number of pyridine rings is 1. The number of aromatic nitrogens is 1. The van der Waals surface area contributed by atoms with E-state index in [0.717, 1.165) is 23.4 Å². The first-order valence-corrected chi connectivity index (χ1v) is 5.84. The van der Waals surface area contributed by atoms with E-state index in [0.29, 0.717) is 0 Å². The number of hydrogen-bond acceptors (Lipinski definition) is 2. The second-order valence-corrected chi connectivity index (χ2v) is 4.07. The molecule has 2 aromatic rings. The standard InChI is InChI=1S/C15H17NO/c1-4-14-10-13(7-8-16-14)12-5-6-15(17-3)11(2)9-12/h5-10H,4H2,1-3H3. The van der Waals surface area contributed by atoms with Gasteiger partial charge in [-0.1, -0.05) is 13.0 Å². The van der Waals surface area contributed by atoms with E-state index in [1.54, 1.807) is 7.11 Å². The third-order valence-corrected chi connectivity index (χ3v) is 2.91. The minimum atomic E-state index is 0.929. The number of nitrogens with zero attached hydrogens (tertiary/aromatic N) is 1. The van der Waals surface area contributed by atoms with E-state index in [9.17, 15) is 0 Å². The van der Waals surface area contributed by atoms with Crippen molar-refractivity contribution >= 4 is 0 Å². The van der Waals surface area contributed by atoms with E-state index in [4.69, 9.17) is 4.74 Å². The van der Waals surface area contributed by atoms with Crippen molar-refractivity contribution in [1.29, 1.82) is 0 Å². The van der Waals surface area contributed by atoms with Crippen LogP contribution in [0.25, 0.3) is 11.1 Å². The SMILES string of the molecule is CCc1cc(-c2ccc(OC)c(C)c2)ccn1. The molecule has 0 amide bonds. The van der Waals surface area contributed by atoms with Crippen LogP contribution in [-0.2, 0) is 6.42 Å². The predicted molar refractivity (Wildman–Crippen MR) is 70.3 cm³/mol. The summed E-state index contributed by atoms with van der Waals surface area (Å²) in [6.45, 7) is 4.18. The van der Waals surface area contributed by atoms with Crippen LogP contribution in [-0.4, -0.2) is 12.1 Å². The van der Waals surface area contributed by atoms with Gasteiger partial charge in [-0.25, -0.2) is 0 Å². The Morgan fingerprint density at radius 1 is 1.12 bits per heavy atom. The molecule has 2 heteroatoms. The van der Waals surface area contributed by atoms with Crippen molar-refractivity contribution in [3.8, 4) is 16.9 Å². The summed E-state index contributed by atoms with van der Waals surface area (Å²) in [6.07, 6.45) is 2.83.